The Morgan fingerprint density at radius 1 is 0.840 bits per heavy atom. The lowest BCUT2D eigenvalue weighted by Gasteiger charge is -2.23. The number of amides is 2. The van der Waals surface area contributed by atoms with Crippen LogP contribution < -0.4 is 4.90 Å². The van der Waals surface area contributed by atoms with Crippen molar-refractivity contribution in [1.82, 2.24) is 0 Å². The predicted molar refractivity (Wildman–Crippen MR) is 97.2 cm³/mol. The summed E-state index contributed by atoms with van der Waals surface area (Å²) in [6.07, 6.45) is 10.4. The fourth-order valence-corrected chi connectivity index (χ4v) is 5.47. The Kier molecular flexibility index (Phi) is 3.43. The molecule has 1 aromatic carbocycles. The lowest BCUT2D eigenvalue weighted by atomic mass is 9.85. The van der Waals surface area contributed by atoms with E-state index in [-0.39, 0.29) is 35.5 Å². The fraction of sp³-hybridized carbons (Fsp3) is 0.429. The third-order valence-electron chi connectivity index (χ3n) is 6.37. The molecule has 1 saturated heterocycles. The molecule has 2 amide bonds. The monoisotopic (exact) mass is 353 g/mol. The van der Waals surface area contributed by atoms with Gasteiger partial charge in [-0.05, 0) is 49.9 Å². The standard InChI is InChI=1S/C21H20ClNO2/c22-13-6-8-14(9-7-13)23-20(24)18-15-10-11-16(19(18)21(23)25)17(15)12-4-2-1-3-5-12/h6-11,15-16,18-19H,1-5H2/t15-,16-,18+,19+/m1/s1. The van der Waals surface area contributed by atoms with Crippen LogP contribution in [0, 0.1) is 23.7 Å². The third kappa shape index (κ3) is 2.11. The van der Waals surface area contributed by atoms with Crippen molar-refractivity contribution in [1.29, 1.82) is 0 Å². The Morgan fingerprint density at radius 3 is 1.96 bits per heavy atom. The molecule has 3 nitrogen and oxygen atoms in total. The number of fused-ring (bicyclic) bond motifs is 5. The number of hydrogen-bond donors (Lipinski definition) is 0. The highest BCUT2D eigenvalue weighted by Crippen LogP contribution is 2.58. The first-order valence-electron chi connectivity index (χ1n) is 9.20. The molecule has 4 heteroatoms. The summed E-state index contributed by atoms with van der Waals surface area (Å²) in [7, 11) is 0. The summed E-state index contributed by atoms with van der Waals surface area (Å²) in [6.45, 7) is 0. The van der Waals surface area contributed by atoms with Gasteiger partial charge in [-0.3, -0.25) is 9.59 Å². The minimum Gasteiger partial charge on any atom is -0.274 e. The van der Waals surface area contributed by atoms with E-state index in [1.807, 2.05) is 0 Å². The second-order valence-electron chi connectivity index (χ2n) is 7.60. The van der Waals surface area contributed by atoms with Gasteiger partial charge in [-0.1, -0.05) is 41.3 Å². The molecule has 1 aromatic rings. The van der Waals surface area contributed by atoms with Gasteiger partial charge in [0.15, 0.2) is 0 Å². The van der Waals surface area contributed by atoms with E-state index in [0.717, 1.165) is 12.8 Å². The van der Waals surface area contributed by atoms with Gasteiger partial charge in [-0.2, -0.15) is 0 Å². The zero-order valence-corrected chi connectivity index (χ0v) is 14.7. The number of imide groups is 1. The van der Waals surface area contributed by atoms with Gasteiger partial charge >= 0.3 is 0 Å². The smallest absolute Gasteiger partial charge is 0.238 e. The van der Waals surface area contributed by atoms with E-state index in [4.69, 9.17) is 11.6 Å². The van der Waals surface area contributed by atoms with E-state index in [0.29, 0.717) is 10.7 Å². The zero-order chi connectivity index (χ0) is 17.1. The number of carbonyl (C=O) groups is 2. The molecular formula is C21H20ClNO2. The Morgan fingerprint density at radius 2 is 1.40 bits per heavy atom. The number of benzene rings is 1. The first-order chi connectivity index (χ1) is 12.2. The Bertz CT molecular complexity index is 781. The first-order valence-corrected chi connectivity index (χ1v) is 9.58. The summed E-state index contributed by atoms with van der Waals surface area (Å²) in [5.74, 6) is -0.218. The Hall–Kier alpha value is -1.87. The van der Waals surface area contributed by atoms with Crippen molar-refractivity contribution < 1.29 is 9.59 Å². The predicted octanol–water partition coefficient (Wildman–Crippen LogP) is 4.52. The Labute approximate surface area is 152 Å². The van der Waals surface area contributed by atoms with Crippen LogP contribution in [-0.2, 0) is 9.59 Å². The van der Waals surface area contributed by atoms with E-state index in [2.05, 4.69) is 12.2 Å². The van der Waals surface area contributed by atoms with Crippen LogP contribution in [0.5, 0.6) is 0 Å². The number of nitrogens with zero attached hydrogens (tertiary/aromatic N) is 1. The van der Waals surface area contributed by atoms with Crippen molar-refractivity contribution in [2.24, 2.45) is 23.7 Å². The topological polar surface area (TPSA) is 37.4 Å². The van der Waals surface area contributed by atoms with Crippen LogP contribution in [0.3, 0.4) is 0 Å². The minimum atomic E-state index is -0.206. The van der Waals surface area contributed by atoms with E-state index >= 15 is 0 Å². The van der Waals surface area contributed by atoms with Gasteiger partial charge in [0.05, 0.1) is 17.5 Å². The molecule has 4 aliphatic rings. The van der Waals surface area contributed by atoms with Crippen molar-refractivity contribution in [2.45, 2.75) is 32.1 Å². The summed E-state index contributed by atoms with van der Waals surface area (Å²) in [4.78, 5) is 27.6. The summed E-state index contributed by atoms with van der Waals surface area (Å²) in [5, 5.41) is 0.606. The molecule has 128 valence electrons. The van der Waals surface area contributed by atoms with Gasteiger partial charge in [-0.15, -0.1) is 0 Å². The normalized spacial score (nSPS) is 33.6. The van der Waals surface area contributed by atoms with Crippen LogP contribution in [0.2, 0.25) is 5.02 Å². The lowest BCUT2D eigenvalue weighted by Crippen LogP contribution is -2.33. The number of hydrogen-bond acceptors (Lipinski definition) is 2. The molecule has 1 heterocycles. The van der Waals surface area contributed by atoms with Gasteiger partial charge in [-0.25, -0.2) is 4.90 Å². The SMILES string of the molecule is O=C1[C@@H]2[C@@H](C(=O)N1c1ccc(Cl)cc1)[C@@H]1C=C[C@@H]2C1=C1CCCCC1. The molecule has 1 aliphatic heterocycles. The van der Waals surface area contributed by atoms with Gasteiger partial charge in [0.1, 0.15) is 0 Å². The zero-order valence-electron chi connectivity index (χ0n) is 14.0. The third-order valence-corrected chi connectivity index (χ3v) is 6.62. The number of rotatable bonds is 1. The average Bonchev–Trinajstić information content (AvgIpc) is 3.27. The molecule has 0 N–H and O–H groups in total. The maximum atomic E-state index is 13.1. The van der Waals surface area contributed by atoms with E-state index < -0.39 is 0 Å². The highest BCUT2D eigenvalue weighted by molar-refractivity contribution is 6.31. The second kappa shape index (κ2) is 5.57. The van der Waals surface area contributed by atoms with Gasteiger partial charge in [0.25, 0.3) is 0 Å². The molecule has 3 fully saturated rings. The molecule has 0 spiro atoms. The van der Waals surface area contributed by atoms with Gasteiger partial charge < -0.3 is 0 Å². The molecule has 0 aromatic heterocycles. The highest BCUT2D eigenvalue weighted by atomic mass is 35.5. The van der Waals surface area contributed by atoms with Crippen LogP contribution in [0.25, 0.3) is 0 Å². The minimum absolute atomic E-state index is 0.0388. The van der Waals surface area contributed by atoms with Crippen molar-refractivity contribution in [2.75, 3.05) is 4.90 Å². The van der Waals surface area contributed by atoms with E-state index in [9.17, 15) is 9.59 Å². The molecule has 3 aliphatic carbocycles. The second-order valence-corrected chi connectivity index (χ2v) is 8.03. The van der Waals surface area contributed by atoms with Crippen LogP contribution in [-0.4, -0.2) is 11.8 Å². The molecule has 5 rings (SSSR count). The molecule has 25 heavy (non-hydrogen) atoms. The fourth-order valence-electron chi connectivity index (χ4n) is 5.35. The lowest BCUT2D eigenvalue weighted by molar-refractivity contribution is -0.122. The van der Waals surface area contributed by atoms with E-state index in [1.54, 1.807) is 24.3 Å². The van der Waals surface area contributed by atoms with Gasteiger partial charge in [0, 0.05) is 16.9 Å². The summed E-state index contributed by atoms with van der Waals surface area (Å²) in [5.41, 5.74) is 3.58. The van der Waals surface area contributed by atoms with Crippen molar-refractivity contribution in [3.63, 3.8) is 0 Å². The molecule has 0 unspecified atom stereocenters. The number of anilines is 1. The van der Waals surface area contributed by atoms with Crippen LogP contribution in [0.1, 0.15) is 32.1 Å². The molecule has 4 atom stereocenters. The van der Waals surface area contributed by atoms with E-state index in [1.165, 1.54) is 35.3 Å². The maximum Gasteiger partial charge on any atom is 0.238 e. The van der Waals surface area contributed by atoms with Gasteiger partial charge in [0.2, 0.25) is 11.8 Å². The number of halogens is 1. The Balaban J connectivity index is 1.52. The van der Waals surface area contributed by atoms with Crippen molar-refractivity contribution in [3.05, 3.63) is 52.6 Å². The highest BCUT2D eigenvalue weighted by Gasteiger charge is 2.62. The molecule has 2 bridgehead atoms. The summed E-state index contributed by atoms with van der Waals surface area (Å²) < 4.78 is 0. The average molecular weight is 354 g/mol. The quantitative estimate of drug-likeness (QED) is 0.549. The van der Waals surface area contributed by atoms with Crippen LogP contribution in [0.15, 0.2) is 47.6 Å². The van der Waals surface area contributed by atoms with Crippen molar-refractivity contribution in [3.8, 4) is 0 Å². The molecular weight excluding hydrogens is 334 g/mol. The molecule has 0 radical (unpaired) electrons. The number of allylic oxidation sites excluding steroid dienone is 4. The maximum absolute atomic E-state index is 13.1. The summed E-state index contributed by atoms with van der Waals surface area (Å²) >= 11 is 5.94. The first kappa shape index (κ1) is 15.4. The van der Waals surface area contributed by atoms with Crippen LogP contribution >= 0.6 is 11.6 Å². The largest absolute Gasteiger partial charge is 0.274 e. The molecule has 2 saturated carbocycles. The number of carbonyl (C=O) groups excluding carboxylic acids is 2. The van der Waals surface area contributed by atoms with Crippen molar-refractivity contribution >= 4 is 29.1 Å². The van der Waals surface area contributed by atoms with Crippen LogP contribution in [0.4, 0.5) is 5.69 Å². The summed E-state index contributed by atoms with van der Waals surface area (Å²) in [6, 6.07) is 6.98.